The quantitative estimate of drug-likeness (QED) is 0.828. The smallest absolute Gasteiger partial charge is 0.239 e. The lowest BCUT2D eigenvalue weighted by atomic mass is 10.1. The second kappa shape index (κ2) is 5.01. The van der Waals surface area contributed by atoms with Crippen LogP contribution < -0.4 is 10.6 Å². The van der Waals surface area contributed by atoms with E-state index in [0.29, 0.717) is 6.54 Å². The van der Waals surface area contributed by atoms with Gasteiger partial charge >= 0.3 is 0 Å². The number of amides is 1. The van der Waals surface area contributed by atoms with Gasteiger partial charge < -0.3 is 15.2 Å². The first-order valence-electron chi connectivity index (χ1n) is 5.67. The monoisotopic (exact) mass is 231 g/mol. The van der Waals surface area contributed by atoms with Gasteiger partial charge in [0.2, 0.25) is 5.91 Å². The van der Waals surface area contributed by atoms with E-state index >= 15 is 0 Å². The summed E-state index contributed by atoms with van der Waals surface area (Å²) in [7, 11) is 3.58. The Labute approximate surface area is 101 Å². The Hall–Kier alpha value is -1.81. The van der Waals surface area contributed by atoms with E-state index < -0.39 is 0 Å². The van der Waals surface area contributed by atoms with Crippen LogP contribution in [0.5, 0.6) is 0 Å². The highest BCUT2D eigenvalue weighted by Crippen LogP contribution is 2.17. The first-order chi connectivity index (χ1) is 8.24. The summed E-state index contributed by atoms with van der Waals surface area (Å²) in [6, 6.07) is 8.33. The number of hydrogen-bond donors (Lipinski definition) is 2. The normalized spacial score (nSPS) is 10.7. The van der Waals surface area contributed by atoms with Gasteiger partial charge in [-0.05, 0) is 36.2 Å². The summed E-state index contributed by atoms with van der Waals surface area (Å²) in [4.78, 5) is 11.4. The average molecular weight is 231 g/mol. The van der Waals surface area contributed by atoms with E-state index in [-0.39, 0.29) is 5.91 Å². The highest BCUT2D eigenvalue weighted by molar-refractivity contribution is 5.83. The molecular formula is C13H17N3O. The number of aromatic nitrogens is 1. The van der Waals surface area contributed by atoms with Gasteiger partial charge in [0.15, 0.2) is 0 Å². The summed E-state index contributed by atoms with van der Waals surface area (Å²) in [6.07, 6.45) is 1.95. The van der Waals surface area contributed by atoms with Crippen LogP contribution in [0.15, 0.2) is 30.5 Å². The van der Waals surface area contributed by atoms with E-state index in [1.807, 2.05) is 23.9 Å². The number of carbonyl (C=O) groups excluding carboxylic acids is 1. The van der Waals surface area contributed by atoms with Gasteiger partial charge in [0.25, 0.3) is 0 Å². The van der Waals surface area contributed by atoms with Crippen molar-refractivity contribution < 1.29 is 4.79 Å². The summed E-state index contributed by atoms with van der Waals surface area (Å²) in [5, 5.41) is 6.92. The molecule has 1 heterocycles. The third-order valence-corrected chi connectivity index (χ3v) is 2.81. The zero-order valence-corrected chi connectivity index (χ0v) is 10.2. The largest absolute Gasteiger partial charge is 0.358 e. The fourth-order valence-electron chi connectivity index (χ4n) is 1.94. The molecule has 4 heteroatoms. The molecule has 1 aromatic heterocycles. The van der Waals surface area contributed by atoms with Crippen LogP contribution in [0.1, 0.15) is 5.56 Å². The standard InChI is InChI=1S/C13H17N3O/c1-14-8-10-3-4-12-11(7-10)5-6-16(12)9-13(17)15-2/h3-7,14H,8-9H2,1-2H3,(H,15,17). The van der Waals surface area contributed by atoms with Crippen LogP contribution in [-0.4, -0.2) is 24.6 Å². The van der Waals surface area contributed by atoms with Crippen LogP contribution in [0.25, 0.3) is 10.9 Å². The van der Waals surface area contributed by atoms with Gasteiger partial charge in [-0.25, -0.2) is 0 Å². The maximum Gasteiger partial charge on any atom is 0.239 e. The van der Waals surface area contributed by atoms with Gasteiger partial charge in [-0.1, -0.05) is 6.07 Å². The minimum absolute atomic E-state index is 0.0156. The van der Waals surface area contributed by atoms with Crippen molar-refractivity contribution in [2.75, 3.05) is 14.1 Å². The van der Waals surface area contributed by atoms with Crippen molar-refractivity contribution >= 4 is 16.8 Å². The third-order valence-electron chi connectivity index (χ3n) is 2.81. The number of rotatable bonds is 4. The highest BCUT2D eigenvalue weighted by atomic mass is 16.1. The maximum absolute atomic E-state index is 11.4. The van der Waals surface area contributed by atoms with Crippen LogP contribution in [-0.2, 0) is 17.9 Å². The molecule has 4 nitrogen and oxygen atoms in total. The molecule has 0 saturated heterocycles. The first-order valence-corrected chi connectivity index (χ1v) is 5.67. The second-order valence-corrected chi connectivity index (χ2v) is 4.04. The number of likely N-dealkylation sites (N-methyl/N-ethyl adjacent to an activating group) is 1. The van der Waals surface area contributed by atoms with E-state index in [1.54, 1.807) is 7.05 Å². The van der Waals surface area contributed by atoms with Crippen molar-refractivity contribution in [1.29, 1.82) is 0 Å². The van der Waals surface area contributed by atoms with Gasteiger partial charge in [0.1, 0.15) is 6.54 Å². The van der Waals surface area contributed by atoms with Gasteiger partial charge in [0.05, 0.1) is 0 Å². The summed E-state index contributed by atoms with van der Waals surface area (Å²) < 4.78 is 1.96. The predicted molar refractivity (Wildman–Crippen MR) is 68.8 cm³/mol. The molecule has 17 heavy (non-hydrogen) atoms. The predicted octanol–water partition coefficient (Wildman–Crippen LogP) is 1.11. The number of nitrogens with zero attached hydrogens (tertiary/aromatic N) is 1. The molecule has 0 aliphatic heterocycles. The lowest BCUT2D eigenvalue weighted by Gasteiger charge is -2.05. The van der Waals surface area contributed by atoms with Crippen LogP contribution in [0.4, 0.5) is 0 Å². The van der Waals surface area contributed by atoms with E-state index in [0.717, 1.165) is 12.1 Å². The molecule has 0 saturated carbocycles. The van der Waals surface area contributed by atoms with Crippen LogP contribution in [0, 0.1) is 0 Å². The Morgan fingerprint density at radius 1 is 1.29 bits per heavy atom. The summed E-state index contributed by atoms with van der Waals surface area (Å²) in [6.45, 7) is 1.22. The average Bonchev–Trinajstić information content (AvgIpc) is 2.72. The molecule has 0 aliphatic rings. The molecule has 2 aromatic rings. The minimum atomic E-state index is 0.0156. The van der Waals surface area contributed by atoms with E-state index in [1.165, 1.54) is 10.9 Å². The van der Waals surface area contributed by atoms with Crippen molar-refractivity contribution in [2.45, 2.75) is 13.1 Å². The Morgan fingerprint density at radius 3 is 2.82 bits per heavy atom. The molecule has 0 unspecified atom stereocenters. The highest BCUT2D eigenvalue weighted by Gasteiger charge is 2.05. The fourth-order valence-corrected chi connectivity index (χ4v) is 1.94. The van der Waals surface area contributed by atoms with Crippen molar-refractivity contribution in [3.05, 3.63) is 36.0 Å². The van der Waals surface area contributed by atoms with Crippen molar-refractivity contribution in [3.8, 4) is 0 Å². The number of fused-ring (bicyclic) bond motifs is 1. The summed E-state index contributed by atoms with van der Waals surface area (Å²) in [5.74, 6) is 0.0156. The number of benzene rings is 1. The molecular weight excluding hydrogens is 214 g/mol. The summed E-state index contributed by atoms with van der Waals surface area (Å²) >= 11 is 0. The summed E-state index contributed by atoms with van der Waals surface area (Å²) in [5.41, 5.74) is 2.34. The van der Waals surface area contributed by atoms with Crippen molar-refractivity contribution in [2.24, 2.45) is 0 Å². The molecule has 0 fully saturated rings. The van der Waals surface area contributed by atoms with Crippen molar-refractivity contribution in [3.63, 3.8) is 0 Å². The van der Waals surface area contributed by atoms with Crippen LogP contribution >= 0.6 is 0 Å². The molecule has 1 amide bonds. The molecule has 0 radical (unpaired) electrons. The second-order valence-electron chi connectivity index (χ2n) is 4.04. The topological polar surface area (TPSA) is 46.1 Å². The Bertz CT molecular complexity index is 530. The zero-order chi connectivity index (χ0) is 12.3. The van der Waals surface area contributed by atoms with E-state index in [2.05, 4.69) is 28.8 Å². The van der Waals surface area contributed by atoms with E-state index in [4.69, 9.17) is 0 Å². The Balaban J connectivity index is 2.31. The molecule has 0 bridgehead atoms. The number of nitrogens with one attached hydrogen (secondary N) is 2. The fraction of sp³-hybridized carbons (Fsp3) is 0.308. The van der Waals surface area contributed by atoms with Gasteiger partial charge in [-0.3, -0.25) is 4.79 Å². The lowest BCUT2D eigenvalue weighted by molar-refractivity contribution is -0.121. The SMILES string of the molecule is CNCc1ccc2c(ccn2CC(=O)NC)c1. The zero-order valence-electron chi connectivity index (χ0n) is 10.2. The molecule has 1 aromatic carbocycles. The van der Waals surface area contributed by atoms with E-state index in [9.17, 15) is 4.79 Å². The minimum Gasteiger partial charge on any atom is -0.358 e. The number of hydrogen-bond acceptors (Lipinski definition) is 2. The van der Waals surface area contributed by atoms with Crippen LogP contribution in [0.2, 0.25) is 0 Å². The number of carbonyl (C=O) groups is 1. The Morgan fingerprint density at radius 2 is 2.12 bits per heavy atom. The molecule has 2 N–H and O–H groups in total. The lowest BCUT2D eigenvalue weighted by Crippen LogP contribution is -2.22. The van der Waals surface area contributed by atoms with Gasteiger partial charge in [-0.2, -0.15) is 0 Å². The van der Waals surface area contributed by atoms with Crippen molar-refractivity contribution in [1.82, 2.24) is 15.2 Å². The Kier molecular flexibility index (Phi) is 3.44. The molecule has 2 rings (SSSR count). The molecule has 0 atom stereocenters. The molecule has 90 valence electrons. The molecule has 0 spiro atoms. The van der Waals surface area contributed by atoms with Gasteiger partial charge in [-0.15, -0.1) is 0 Å². The van der Waals surface area contributed by atoms with Crippen LogP contribution in [0.3, 0.4) is 0 Å². The third kappa shape index (κ3) is 2.47. The molecule has 0 aliphatic carbocycles. The maximum atomic E-state index is 11.4. The van der Waals surface area contributed by atoms with Gasteiger partial charge in [0, 0.05) is 25.3 Å². The first kappa shape index (κ1) is 11.7.